The molecule has 3 aromatic rings. The van der Waals surface area contributed by atoms with Gasteiger partial charge in [0.1, 0.15) is 4.60 Å². The van der Waals surface area contributed by atoms with Crippen molar-refractivity contribution in [2.24, 2.45) is 0 Å². The number of nitrogens with zero attached hydrogens (tertiary/aromatic N) is 4. The molecule has 0 radical (unpaired) electrons. The van der Waals surface area contributed by atoms with Gasteiger partial charge in [0.05, 0.1) is 11.1 Å². The van der Waals surface area contributed by atoms with Gasteiger partial charge in [0.25, 0.3) is 0 Å². The van der Waals surface area contributed by atoms with E-state index in [9.17, 15) is 0 Å². The molecule has 0 bridgehead atoms. The van der Waals surface area contributed by atoms with Crippen LogP contribution >= 0.6 is 43.2 Å². The fourth-order valence-electron chi connectivity index (χ4n) is 1.34. The Kier molecular flexibility index (Phi) is 2.53. The summed E-state index contributed by atoms with van der Waals surface area (Å²) in [5.74, 6) is 0.718. The van der Waals surface area contributed by atoms with Crippen molar-refractivity contribution in [1.29, 1.82) is 0 Å². The van der Waals surface area contributed by atoms with Crippen molar-refractivity contribution in [3.8, 4) is 10.7 Å². The minimum Gasteiger partial charge on any atom is -0.228 e. The fourth-order valence-corrected chi connectivity index (χ4v) is 3.06. The van der Waals surface area contributed by atoms with E-state index >= 15 is 0 Å². The highest BCUT2D eigenvalue weighted by Crippen LogP contribution is 2.24. The second-order valence-corrected chi connectivity index (χ2v) is 5.55. The molecule has 4 nitrogen and oxygen atoms in total. The van der Waals surface area contributed by atoms with Crippen LogP contribution in [0.1, 0.15) is 0 Å². The molecule has 0 fully saturated rings. The molecule has 3 aromatic heterocycles. The topological polar surface area (TPSA) is 43.1 Å². The molecule has 0 unspecified atom stereocenters. The lowest BCUT2D eigenvalue weighted by molar-refractivity contribution is 0.934. The maximum absolute atomic E-state index is 4.43. The van der Waals surface area contributed by atoms with Gasteiger partial charge in [0, 0.05) is 0 Å². The number of thiophene rings is 1. The summed E-state index contributed by atoms with van der Waals surface area (Å²) in [6, 6.07) is 3.98. The third-order valence-electron chi connectivity index (χ3n) is 1.99. The largest absolute Gasteiger partial charge is 0.228 e. The van der Waals surface area contributed by atoms with E-state index in [0.717, 1.165) is 15.3 Å². The summed E-state index contributed by atoms with van der Waals surface area (Å²) in [7, 11) is 0. The molecule has 16 heavy (non-hydrogen) atoms. The summed E-state index contributed by atoms with van der Waals surface area (Å²) in [5.41, 5.74) is 0.714. The molecule has 0 saturated heterocycles. The third kappa shape index (κ3) is 1.68. The second-order valence-electron chi connectivity index (χ2n) is 3.04. The van der Waals surface area contributed by atoms with Gasteiger partial charge in [-0.05, 0) is 43.3 Å². The Balaban J connectivity index is 2.27. The van der Waals surface area contributed by atoms with Crippen molar-refractivity contribution in [2.45, 2.75) is 0 Å². The maximum atomic E-state index is 4.43. The highest BCUT2D eigenvalue weighted by Gasteiger charge is 2.10. The van der Waals surface area contributed by atoms with E-state index in [0.29, 0.717) is 10.3 Å². The summed E-state index contributed by atoms with van der Waals surface area (Å²) in [4.78, 5) is 9.69. The molecular formula is C9H4Br2N4S. The highest BCUT2D eigenvalue weighted by molar-refractivity contribution is 9.11. The summed E-state index contributed by atoms with van der Waals surface area (Å²) in [5, 5.41) is 6.40. The molecule has 0 atom stereocenters. The Morgan fingerprint density at radius 2 is 2.12 bits per heavy atom. The van der Waals surface area contributed by atoms with Gasteiger partial charge in [-0.3, -0.25) is 0 Å². The number of halogens is 2. The van der Waals surface area contributed by atoms with Crippen molar-refractivity contribution >= 4 is 48.8 Å². The first-order chi connectivity index (χ1) is 7.74. The normalized spacial score (nSPS) is 11.1. The van der Waals surface area contributed by atoms with E-state index in [1.165, 1.54) is 0 Å². The summed E-state index contributed by atoms with van der Waals surface area (Å²) in [6.07, 6.45) is 1.78. The van der Waals surface area contributed by atoms with E-state index in [-0.39, 0.29) is 0 Å². The van der Waals surface area contributed by atoms with Crippen LogP contribution in [0.5, 0.6) is 0 Å². The number of hydrogen-bond acceptors (Lipinski definition) is 4. The SMILES string of the molecule is Brc1cn2nc(-c3cccs3)nc2c(Br)n1. The Morgan fingerprint density at radius 3 is 2.88 bits per heavy atom. The van der Waals surface area contributed by atoms with E-state index in [4.69, 9.17) is 0 Å². The van der Waals surface area contributed by atoms with Gasteiger partial charge >= 0.3 is 0 Å². The molecule has 80 valence electrons. The molecular weight excluding hydrogens is 356 g/mol. The number of aromatic nitrogens is 4. The predicted octanol–water partition coefficient (Wildman–Crippen LogP) is 3.38. The lowest BCUT2D eigenvalue weighted by Crippen LogP contribution is -1.90. The summed E-state index contributed by atoms with van der Waals surface area (Å²) >= 11 is 8.29. The third-order valence-corrected chi connectivity index (χ3v) is 3.77. The van der Waals surface area contributed by atoms with Crippen LogP contribution in [0, 0.1) is 0 Å². The molecule has 0 aromatic carbocycles. The van der Waals surface area contributed by atoms with E-state index in [1.54, 1.807) is 22.0 Å². The van der Waals surface area contributed by atoms with E-state index < -0.39 is 0 Å². The lowest BCUT2D eigenvalue weighted by Gasteiger charge is -1.93. The van der Waals surface area contributed by atoms with Crippen molar-refractivity contribution in [3.63, 3.8) is 0 Å². The zero-order valence-electron chi connectivity index (χ0n) is 7.76. The van der Waals surface area contributed by atoms with E-state index in [2.05, 4.69) is 46.9 Å². The second kappa shape index (κ2) is 3.90. The quantitative estimate of drug-likeness (QED) is 0.668. The van der Waals surface area contributed by atoms with Gasteiger partial charge in [-0.2, -0.15) is 0 Å². The Hall–Kier alpha value is -0.790. The first kappa shape index (κ1) is 10.4. The number of fused-ring (bicyclic) bond motifs is 1. The summed E-state index contributed by atoms with van der Waals surface area (Å²) in [6.45, 7) is 0. The molecule has 7 heteroatoms. The van der Waals surface area contributed by atoms with Crippen molar-refractivity contribution in [3.05, 3.63) is 32.9 Å². The standard InChI is InChI=1S/C9H4Br2N4S/c10-6-4-15-9(7(11)12-6)13-8(14-15)5-2-1-3-16-5/h1-4H. The lowest BCUT2D eigenvalue weighted by atomic mass is 10.4. The van der Waals surface area contributed by atoms with Crippen LogP contribution < -0.4 is 0 Å². The molecule has 0 aliphatic heterocycles. The molecule has 0 aliphatic rings. The smallest absolute Gasteiger partial charge is 0.192 e. The molecule has 3 heterocycles. The first-order valence-electron chi connectivity index (χ1n) is 4.36. The molecule has 0 saturated carbocycles. The molecule has 3 rings (SSSR count). The van der Waals surface area contributed by atoms with Crippen LogP contribution in [0.15, 0.2) is 32.9 Å². The van der Waals surface area contributed by atoms with Gasteiger partial charge < -0.3 is 0 Å². The Bertz CT molecular complexity index is 647. The monoisotopic (exact) mass is 358 g/mol. The Labute approximate surface area is 112 Å². The highest BCUT2D eigenvalue weighted by atomic mass is 79.9. The van der Waals surface area contributed by atoms with Crippen molar-refractivity contribution < 1.29 is 0 Å². The van der Waals surface area contributed by atoms with Crippen molar-refractivity contribution in [1.82, 2.24) is 19.6 Å². The fraction of sp³-hybridized carbons (Fsp3) is 0. The summed E-state index contributed by atoms with van der Waals surface area (Å²) < 4.78 is 3.10. The van der Waals surface area contributed by atoms with Crippen LogP contribution in [0.3, 0.4) is 0 Å². The molecule has 0 spiro atoms. The Morgan fingerprint density at radius 1 is 1.25 bits per heavy atom. The zero-order chi connectivity index (χ0) is 11.1. The average Bonchev–Trinajstić information content (AvgIpc) is 2.82. The van der Waals surface area contributed by atoms with E-state index in [1.807, 2.05) is 17.5 Å². The van der Waals surface area contributed by atoms with Crippen LogP contribution in [0.25, 0.3) is 16.3 Å². The van der Waals surface area contributed by atoms with Gasteiger partial charge in [-0.15, -0.1) is 16.4 Å². The number of hydrogen-bond donors (Lipinski definition) is 0. The maximum Gasteiger partial charge on any atom is 0.192 e. The van der Waals surface area contributed by atoms with Crippen molar-refractivity contribution in [2.75, 3.05) is 0 Å². The van der Waals surface area contributed by atoms with Gasteiger partial charge in [0.2, 0.25) is 0 Å². The first-order valence-corrected chi connectivity index (χ1v) is 6.83. The van der Waals surface area contributed by atoms with Gasteiger partial charge in [0.15, 0.2) is 16.1 Å². The average molecular weight is 360 g/mol. The minimum atomic E-state index is 0.678. The van der Waals surface area contributed by atoms with Gasteiger partial charge in [-0.25, -0.2) is 14.5 Å². The molecule has 0 amide bonds. The van der Waals surface area contributed by atoms with Crippen LogP contribution in [-0.2, 0) is 0 Å². The van der Waals surface area contributed by atoms with Gasteiger partial charge in [-0.1, -0.05) is 6.07 Å². The van der Waals surface area contributed by atoms with Crippen LogP contribution in [-0.4, -0.2) is 19.6 Å². The molecule has 0 N–H and O–H groups in total. The van der Waals surface area contributed by atoms with Crippen LogP contribution in [0.4, 0.5) is 0 Å². The minimum absolute atomic E-state index is 0.678. The number of rotatable bonds is 1. The predicted molar refractivity (Wildman–Crippen MR) is 69.5 cm³/mol. The molecule has 0 aliphatic carbocycles. The zero-order valence-corrected chi connectivity index (χ0v) is 11.8. The van der Waals surface area contributed by atoms with Crippen LogP contribution in [0.2, 0.25) is 0 Å².